The van der Waals surface area contributed by atoms with Crippen molar-refractivity contribution in [2.75, 3.05) is 12.6 Å². The fraction of sp³-hybridized carbons (Fsp3) is 0.143. The minimum Gasteiger partial charge on any atom is -0.279 e. The van der Waals surface area contributed by atoms with Crippen LogP contribution in [0.15, 0.2) is 48.5 Å². The average Bonchev–Trinajstić information content (AvgIpc) is 2.32. The SMILES string of the molecule is CONc1ccccc1-c1ccc(C)cc1. The van der Waals surface area contributed by atoms with Gasteiger partial charge in [-0.1, -0.05) is 48.0 Å². The van der Waals surface area contributed by atoms with Crippen LogP contribution in [0.1, 0.15) is 5.56 Å². The van der Waals surface area contributed by atoms with Gasteiger partial charge in [-0.2, -0.15) is 0 Å². The van der Waals surface area contributed by atoms with Gasteiger partial charge in [0.15, 0.2) is 0 Å². The zero-order valence-electron chi connectivity index (χ0n) is 9.53. The number of hydrogen-bond acceptors (Lipinski definition) is 2. The minimum atomic E-state index is 0.980. The average molecular weight is 213 g/mol. The Morgan fingerprint density at radius 3 is 2.31 bits per heavy atom. The summed E-state index contributed by atoms with van der Waals surface area (Å²) >= 11 is 0. The van der Waals surface area contributed by atoms with Gasteiger partial charge in [-0.25, -0.2) is 0 Å². The highest BCUT2D eigenvalue weighted by Gasteiger charge is 2.03. The van der Waals surface area contributed by atoms with Gasteiger partial charge in [0.1, 0.15) is 0 Å². The highest BCUT2D eigenvalue weighted by atomic mass is 16.6. The predicted molar refractivity (Wildman–Crippen MR) is 67.2 cm³/mol. The summed E-state index contributed by atoms with van der Waals surface area (Å²) in [7, 11) is 1.62. The molecule has 0 unspecified atom stereocenters. The Labute approximate surface area is 95.8 Å². The van der Waals surface area contributed by atoms with Crippen LogP contribution in [0.2, 0.25) is 0 Å². The van der Waals surface area contributed by atoms with E-state index in [2.05, 4.69) is 42.7 Å². The molecule has 0 heterocycles. The molecule has 0 aliphatic rings. The minimum absolute atomic E-state index is 0.980. The number of para-hydroxylation sites is 1. The second-order valence-electron chi connectivity index (χ2n) is 3.72. The van der Waals surface area contributed by atoms with Crippen LogP contribution in [-0.2, 0) is 4.84 Å². The molecule has 2 heteroatoms. The number of rotatable bonds is 3. The van der Waals surface area contributed by atoms with Crippen molar-refractivity contribution in [3.63, 3.8) is 0 Å². The largest absolute Gasteiger partial charge is 0.279 e. The molecule has 0 amide bonds. The summed E-state index contributed by atoms with van der Waals surface area (Å²) < 4.78 is 0. The molecule has 2 rings (SSSR count). The molecule has 0 bridgehead atoms. The molecule has 0 saturated carbocycles. The highest BCUT2D eigenvalue weighted by molar-refractivity contribution is 5.77. The van der Waals surface area contributed by atoms with Crippen molar-refractivity contribution in [2.24, 2.45) is 0 Å². The summed E-state index contributed by atoms with van der Waals surface area (Å²) in [5, 5.41) is 0. The van der Waals surface area contributed by atoms with Gasteiger partial charge >= 0.3 is 0 Å². The predicted octanol–water partition coefficient (Wildman–Crippen LogP) is 3.64. The molecule has 2 aromatic carbocycles. The molecule has 0 aliphatic carbocycles. The summed E-state index contributed by atoms with van der Waals surface area (Å²) in [6.45, 7) is 2.09. The third-order valence-corrected chi connectivity index (χ3v) is 2.50. The maximum Gasteiger partial charge on any atom is 0.0682 e. The molecule has 0 spiro atoms. The fourth-order valence-corrected chi connectivity index (χ4v) is 1.67. The number of benzene rings is 2. The van der Waals surface area contributed by atoms with Crippen molar-refractivity contribution in [1.29, 1.82) is 0 Å². The van der Waals surface area contributed by atoms with Crippen molar-refractivity contribution in [3.8, 4) is 11.1 Å². The first kappa shape index (κ1) is 10.7. The zero-order chi connectivity index (χ0) is 11.4. The number of aryl methyl sites for hydroxylation is 1. The molecule has 2 nitrogen and oxygen atoms in total. The molecule has 0 radical (unpaired) electrons. The van der Waals surface area contributed by atoms with Gasteiger partial charge in [0.05, 0.1) is 12.8 Å². The molecule has 16 heavy (non-hydrogen) atoms. The van der Waals surface area contributed by atoms with Crippen molar-refractivity contribution < 1.29 is 4.84 Å². The van der Waals surface area contributed by atoms with Crippen LogP contribution in [0.3, 0.4) is 0 Å². The molecule has 0 fully saturated rings. The maximum atomic E-state index is 4.96. The molecule has 0 saturated heterocycles. The molecule has 1 N–H and O–H groups in total. The second kappa shape index (κ2) is 4.81. The van der Waals surface area contributed by atoms with E-state index < -0.39 is 0 Å². The van der Waals surface area contributed by atoms with Gasteiger partial charge in [-0.15, -0.1) is 0 Å². The van der Waals surface area contributed by atoms with Crippen molar-refractivity contribution in [3.05, 3.63) is 54.1 Å². The van der Waals surface area contributed by atoms with E-state index in [-0.39, 0.29) is 0 Å². The smallest absolute Gasteiger partial charge is 0.0682 e. The van der Waals surface area contributed by atoms with E-state index in [0.29, 0.717) is 0 Å². The van der Waals surface area contributed by atoms with Gasteiger partial charge in [-0.05, 0) is 18.6 Å². The highest BCUT2D eigenvalue weighted by Crippen LogP contribution is 2.27. The first-order valence-corrected chi connectivity index (χ1v) is 5.26. The summed E-state index contributed by atoms with van der Waals surface area (Å²) in [6.07, 6.45) is 0. The molecule has 82 valence electrons. The Morgan fingerprint density at radius 1 is 0.938 bits per heavy atom. The standard InChI is InChI=1S/C14H15NO/c1-11-7-9-12(10-8-11)13-5-3-4-6-14(13)15-16-2/h3-10,15H,1-2H3. The molecular formula is C14H15NO. The molecular weight excluding hydrogens is 198 g/mol. The Morgan fingerprint density at radius 2 is 1.62 bits per heavy atom. The Kier molecular flexibility index (Phi) is 3.22. The van der Waals surface area contributed by atoms with Crippen molar-refractivity contribution in [1.82, 2.24) is 0 Å². The van der Waals surface area contributed by atoms with E-state index in [1.165, 1.54) is 11.1 Å². The lowest BCUT2D eigenvalue weighted by atomic mass is 10.0. The van der Waals surface area contributed by atoms with Crippen LogP contribution >= 0.6 is 0 Å². The van der Waals surface area contributed by atoms with Gasteiger partial charge in [0.2, 0.25) is 0 Å². The third kappa shape index (κ3) is 2.23. The lowest BCUT2D eigenvalue weighted by Gasteiger charge is -2.10. The quantitative estimate of drug-likeness (QED) is 0.786. The summed E-state index contributed by atoms with van der Waals surface area (Å²) in [5.41, 5.74) is 7.46. The van der Waals surface area contributed by atoms with E-state index in [1.807, 2.05) is 18.2 Å². The first-order chi connectivity index (χ1) is 7.81. The Bertz CT molecular complexity index is 462. The zero-order valence-corrected chi connectivity index (χ0v) is 9.53. The van der Waals surface area contributed by atoms with Crippen LogP contribution in [0.5, 0.6) is 0 Å². The van der Waals surface area contributed by atoms with Crippen LogP contribution in [0.4, 0.5) is 5.69 Å². The number of anilines is 1. The molecule has 0 aliphatic heterocycles. The van der Waals surface area contributed by atoms with Crippen molar-refractivity contribution >= 4 is 5.69 Å². The third-order valence-electron chi connectivity index (χ3n) is 2.50. The van der Waals surface area contributed by atoms with E-state index in [4.69, 9.17) is 4.84 Å². The topological polar surface area (TPSA) is 21.3 Å². The molecule has 2 aromatic rings. The van der Waals surface area contributed by atoms with E-state index in [9.17, 15) is 0 Å². The van der Waals surface area contributed by atoms with Crippen LogP contribution in [0.25, 0.3) is 11.1 Å². The Balaban J connectivity index is 2.42. The second-order valence-corrected chi connectivity index (χ2v) is 3.72. The van der Waals surface area contributed by atoms with E-state index in [1.54, 1.807) is 7.11 Å². The van der Waals surface area contributed by atoms with Gasteiger partial charge in [-0.3, -0.25) is 10.3 Å². The van der Waals surface area contributed by atoms with Crippen LogP contribution in [0, 0.1) is 6.92 Å². The van der Waals surface area contributed by atoms with Gasteiger partial charge < -0.3 is 0 Å². The van der Waals surface area contributed by atoms with Gasteiger partial charge in [0.25, 0.3) is 0 Å². The lowest BCUT2D eigenvalue weighted by molar-refractivity contribution is 0.271. The summed E-state index contributed by atoms with van der Waals surface area (Å²) in [5.74, 6) is 0. The van der Waals surface area contributed by atoms with E-state index in [0.717, 1.165) is 11.3 Å². The monoisotopic (exact) mass is 213 g/mol. The van der Waals surface area contributed by atoms with Gasteiger partial charge in [0, 0.05) is 5.56 Å². The Hall–Kier alpha value is -1.80. The molecule has 0 aromatic heterocycles. The van der Waals surface area contributed by atoms with Crippen LogP contribution in [-0.4, -0.2) is 7.11 Å². The van der Waals surface area contributed by atoms with Crippen LogP contribution < -0.4 is 5.48 Å². The maximum absolute atomic E-state index is 4.96. The summed E-state index contributed by atoms with van der Waals surface area (Å²) in [6, 6.07) is 16.5. The summed E-state index contributed by atoms with van der Waals surface area (Å²) in [4.78, 5) is 4.96. The first-order valence-electron chi connectivity index (χ1n) is 5.26. The number of nitrogens with one attached hydrogen (secondary N) is 1. The normalized spacial score (nSPS) is 10.1. The fourth-order valence-electron chi connectivity index (χ4n) is 1.67. The molecule has 0 atom stereocenters. The van der Waals surface area contributed by atoms with E-state index >= 15 is 0 Å². The van der Waals surface area contributed by atoms with Crippen molar-refractivity contribution in [2.45, 2.75) is 6.92 Å². The lowest BCUT2D eigenvalue weighted by Crippen LogP contribution is -1.97. The number of hydrogen-bond donors (Lipinski definition) is 1.